The van der Waals surface area contributed by atoms with Crippen LogP contribution in [-0.4, -0.2) is 18.2 Å². The summed E-state index contributed by atoms with van der Waals surface area (Å²) in [5.74, 6) is -0.390. The average Bonchev–Trinajstić information content (AvgIpc) is 2.64. The Kier molecular flexibility index (Phi) is 7.24. The monoisotopic (exact) mass is 398 g/mol. The Labute approximate surface area is 160 Å². The van der Waals surface area contributed by atoms with Gasteiger partial charge in [-0.3, -0.25) is 4.79 Å². The molecule has 1 unspecified atom stereocenters. The van der Waals surface area contributed by atoms with Crippen molar-refractivity contribution in [2.75, 3.05) is 0 Å². The minimum Gasteiger partial charge on any atom is -0.382 e. The first-order valence-corrected chi connectivity index (χ1v) is 8.56. The minimum absolute atomic E-state index is 0.219. The molecule has 144 valence electrons. The molecule has 4 nitrogen and oxygen atoms in total. The van der Waals surface area contributed by atoms with E-state index in [1.165, 1.54) is 12.1 Å². The molecular weight excluding hydrogens is 381 g/mol. The maximum absolute atomic E-state index is 12.7. The van der Waals surface area contributed by atoms with E-state index in [1.807, 2.05) is 0 Å². The predicted octanol–water partition coefficient (Wildman–Crippen LogP) is 4.80. The first-order valence-electron chi connectivity index (χ1n) is 8.19. The lowest BCUT2D eigenvalue weighted by Gasteiger charge is -2.13. The standard InChI is InChI=1S/C19H18ClF3N2O2/c1-2-17(18(26)24-12-14-7-3-4-9-16(14)20)27-25-11-13-6-5-8-15(10-13)19(21,22)23/h3-11,17H,2,12H2,1H3,(H,24,26). The molecule has 8 heteroatoms. The van der Waals surface area contributed by atoms with E-state index in [9.17, 15) is 18.0 Å². The van der Waals surface area contributed by atoms with Gasteiger partial charge in [-0.05, 0) is 35.7 Å². The van der Waals surface area contributed by atoms with Crippen molar-refractivity contribution < 1.29 is 22.8 Å². The van der Waals surface area contributed by atoms with Gasteiger partial charge in [0.05, 0.1) is 11.8 Å². The lowest BCUT2D eigenvalue weighted by Crippen LogP contribution is -2.34. The molecule has 0 aliphatic rings. The molecule has 0 spiro atoms. The predicted molar refractivity (Wildman–Crippen MR) is 97.5 cm³/mol. The van der Waals surface area contributed by atoms with Crippen LogP contribution in [-0.2, 0) is 22.4 Å². The highest BCUT2D eigenvalue weighted by Crippen LogP contribution is 2.29. The number of hydrogen-bond donors (Lipinski definition) is 1. The molecule has 0 heterocycles. The van der Waals surface area contributed by atoms with Crippen LogP contribution in [0.25, 0.3) is 0 Å². The maximum Gasteiger partial charge on any atom is 0.416 e. The summed E-state index contributed by atoms with van der Waals surface area (Å²) >= 11 is 6.03. The van der Waals surface area contributed by atoms with Crippen molar-refractivity contribution >= 4 is 23.7 Å². The largest absolute Gasteiger partial charge is 0.416 e. The SMILES string of the molecule is CCC(ON=Cc1cccc(C(F)(F)F)c1)C(=O)NCc1ccccc1Cl. The highest BCUT2D eigenvalue weighted by molar-refractivity contribution is 6.31. The average molecular weight is 399 g/mol. The van der Waals surface area contributed by atoms with Crippen LogP contribution in [0.4, 0.5) is 13.2 Å². The van der Waals surface area contributed by atoms with Gasteiger partial charge in [0.25, 0.3) is 5.91 Å². The van der Waals surface area contributed by atoms with E-state index in [2.05, 4.69) is 10.5 Å². The number of benzene rings is 2. The number of oxime groups is 1. The van der Waals surface area contributed by atoms with Crippen LogP contribution in [0.15, 0.2) is 53.7 Å². The van der Waals surface area contributed by atoms with Crippen molar-refractivity contribution in [2.45, 2.75) is 32.2 Å². The first-order chi connectivity index (χ1) is 12.8. The van der Waals surface area contributed by atoms with E-state index >= 15 is 0 Å². The molecule has 2 aromatic rings. The molecule has 0 saturated heterocycles. The van der Waals surface area contributed by atoms with Gasteiger partial charge in [0, 0.05) is 11.6 Å². The zero-order valence-electron chi connectivity index (χ0n) is 14.5. The fraction of sp³-hybridized carbons (Fsp3) is 0.263. The van der Waals surface area contributed by atoms with Gasteiger partial charge in [-0.2, -0.15) is 13.2 Å². The van der Waals surface area contributed by atoms with Crippen molar-refractivity contribution in [3.05, 3.63) is 70.2 Å². The third kappa shape index (κ3) is 6.29. The molecule has 1 atom stereocenters. The van der Waals surface area contributed by atoms with Crippen LogP contribution in [0.2, 0.25) is 5.02 Å². The summed E-state index contributed by atoms with van der Waals surface area (Å²) in [5.41, 5.74) is 0.196. The molecule has 2 rings (SSSR count). The summed E-state index contributed by atoms with van der Waals surface area (Å²) in [6.45, 7) is 1.97. The summed E-state index contributed by atoms with van der Waals surface area (Å²) in [4.78, 5) is 17.3. The topological polar surface area (TPSA) is 50.7 Å². The molecule has 2 aromatic carbocycles. The molecule has 1 amide bonds. The Morgan fingerprint density at radius 1 is 1.26 bits per heavy atom. The van der Waals surface area contributed by atoms with Gasteiger partial charge in [-0.15, -0.1) is 0 Å². The van der Waals surface area contributed by atoms with Crippen molar-refractivity contribution in [1.82, 2.24) is 5.32 Å². The minimum atomic E-state index is -4.44. The zero-order chi connectivity index (χ0) is 19.9. The molecule has 0 fully saturated rings. The highest BCUT2D eigenvalue weighted by atomic mass is 35.5. The summed E-state index contributed by atoms with van der Waals surface area (Å²) in [5, 5.41) is 6.88. The fourth-order valence-electron chi connectivity index (χ4n) is 2.21. The van der Waals surface area contributed by atoms with E-state index in [1.54, 1.807) is 31.2 Å². The molecule has 0 bridgehead atoms. The molecular formula is C19H18ClF3N2O2. The van der Waals surface area contributed by atoms with Crippen LogP contribution in [0, 0.1) is 0 Å². The van der Waals surface area contributed by atoms with Crippen LogP contribution in [0.1, 0.15) is 30.0 Å². The van der Waals surface area contributed by atoms with E-state index in [-0.39, 0.29) is 12.1 Å². The lowest BCUT2D eigenvalue weighted by atomic mass is 10.1. The number of halogens is 4. The van der Waals surface area contributed by atoms with Crippen LogP contribution >= 0.6 is 11.6 Å². The van der Waals surface area contributed by atoms with Gasteiger partial charge in [0.1, 0.15) is 0 Å². The normalized spacial score (nSPS) is 12.8. The number of carbonyl (C=O) groups is 1. The van der Waals surface area contributed by atoms with Gasteiger partial charge >= 0.3 is 6.18 Å². The summed E-state index contributed by atoms with van der Waals surface area (Å²) in [6.07, 6.45) is -3.82. The van der Waals surface area contributed by atoms with Gasteiger partial charge in [-0.25, -0.2) is 0 Å². The molecule has 0 aliphatic heterocycles. The van der Waals surface area contributed by atoms with Gasteiger partial charge in [0.15, 0.2) is 0 Å². The van der Waals surface area contributed by atoms with Crippen LogP contribution in [0.5, 0.6) is 0 Å². The Morgan fingerprint density at radius 2 is 2.00 bits per heavy atom. The second-order valence-corrected chi connectivity index (χ2v) is 6.08. The third-order valence-corrected chi connectivity index (χ3v) is 4.05. The summed E-state index contributed by atoms with van der Waals surface area (Å²) in [7, 11) is 0. The Hall–Kier alpha value is -2.54. The van der Waals surface area contributed by atoms with E-state index < -0.39 is 23.8 Å². The van der Waals surface area contributed by atoms with E-state index in [0.29, 0.717) is 11.4 Å². The van der Waals surface area contributed by atoms with E-state index in [0.717, 1.165) is 23.9 Å². The quantitative estimate of drug-likeness (QED) is 0.537. The molecule has 1 N–H and O–H groups in total. The molecule has 0 aromatic heterocycles. The van der Waals surface area contributed by atoms with Gasteiger partial charge in [-0.1, -0.05) is 54.0 Å². The number of rotatable bonds is 7. The number of alkyl halides is 3. The molecule has 27 heavy (non-hydrogen) atoms. The zero-order valence-corrected chi connectivity index (χ0v) is 15.2. The Bertz CT molecular complexity index is 810. The fourth-order valence-corrected chi connectivity index (χ4v) is 2.41. The Morgan fingerprint density at radius 3 is 2.67 bits per heavy atom. The summed E-state index contributed by atoms with van der Waals surface area (Å²) < 4.78 is 38.1. The first kappa shape index (κ1) is 20.8. The molecule has 0 aliphatic carbocycles. The third-order valence-electron chi connectivity index (χ3n) is 3.68. The molecule has 0 saturated carbocycles. The van der Waals surface area contributed by atoms with Gasteiger partial charge < -0.3 is 10.2 Å². The van der Waals surface area contributed by atoms with Crippen molar-refractivity contribution in [3.8, 4) is 0 Å². The maximum atomic E-state index is 12.7. The van der Waals surface area contributed by atoms with Crippen LogP contribution < -0.4 is 5.32 Å². The smallest absolute Gasteiger partial charge is 0.382 e. The van der Waals surface area contributed by atoms with Crippen LogP contribution in [0.3, 0.4) is 0 Å². The van der Waals surface area contributed by atoms with Crippen molar-refractivity contribution in [1.29, 1.82) is 0 Å². The number of amides is 1. The van der Waals surface area contributed by atoms with E-state index in [4.69, 9.17) is 16.4 Å². The number of nitrogens with zero attached hydrogens (tertiary/aromatic N) is 1. The second kappa shape index (κ2) is 9.41. The number of carbonyl (C=O) groups excluding carboxylic acids is 1. The Balaban J connectivity index is 1.93. The van der Waals surface area contributed by atoms with Crippen molar-refractivity contribution in [2.24, 2.45) is 5.16 Å². The number of nitrogens with one attached hydrogen (secondary N) is 1. The highest BCUT2D eigenvalue weighted by Gasteiger charge is 2.30. The lowest BCUT2D eigenvalue weighted by molar-refractivity contribution is -0.137. The number of hydrogen-bond acceptors (Lipinski definition) is 3. The van der Waals surface area contributed by atoms with Crippen molar-refractivity contribution in [3.63, 3.8) is 0 Å². The summed E-state index contributed by atoms with van der Waals surface area (Å²) in [6, 6.07) is 11.7. The second-order valence-electron chi connectivity index (χ2n) is 5.67. The van der Waals surface area contributed by atoms with Gasteiger partial charge in [0.2, 0.25) is 6.10 Å². The molecule has 0 radical (unpaired) electrons.